The minimum absolute atomic E-state index is 0.0132. The van der Waals surface area contributed by atoms with Crippen molar-refractivity contribution in [2.45, 2.75) is 13.5 Å². The SMILES string of the molecule is CCOc1ccc(-n2nnnc2CNS(=O)(=O)N(C)C)cc1. The highest BCUT2D eigenvalue weighted by Gasteiger charge is 2.15. The number of nitrogens with zero attached hydrogens (tertiary/aromatic N) is 5. The van der Waals surface area contributed by atoms with Crippen LogP contribution in [0.2, 0.25) is 0 Å². The fourth-order valence-corrected chi connectivity index (χ4v) is 2.22. The molecule has 120 valence electrons. The first-order valence-corrected chi connectivity index (χ1v) is 8.05. The largest absolute Gasteiger partial charge is 0.494 e. The van der Waals surface area contributed by atoms with Crippen molar-refractivity contribution in [1.82, 2.24) is 29.2 Å². The summed E-state index contributed by atoms with van der Waals surface area (Å²) in [6.07, 6.45) is 0. The van der Waals surface area contributed by atoms with Gasteiger partial charge in [0.15, 0.2) is 5.82 Å². The van der Waals surface area contributed by atoms with Crippen LogP contribution in [0.5, 0.6) is 5.75 Å². The third-order valence-electron chi connectivity index (χ3n) is 2.82. The van der Waals surface area contributed by atoms with E-state index in [1.165, 1.54) is 18.8 Å². The van der Waals surface area contributed by atoms with Crippen molar-refractivity contribution >= 4 is 10.2 Å². The molecule has 1 aromatic heterocycles. The third kappa shape index (κ3) is 3.78. The second-order valence-corrected chi connectivity index (χ2v) is 6.51. The van der Waals surface area contributed by atoms with Crippen LogP contribution in [0.3, 0.4) is 0 Å². The number of hydrogen-bond acceptors (Lipinski definition) is 6. The van der Waals surface area contributed by atoms with E-state index >= 15 is 0 Å². The fraction of sp³-hybridized carbons (Fsp3) is 0.417. The first-order chi connectivity index (χ1) is 10.4. The molecule has 0 aliphatic rings. The van der Waals surface area contributed by atoms with Gasteiger partial charge in [-0.2, -0.15) is 22.1 Å². The molecule has 0 saturated heterocycles. The van der Waals surface area contributed by atoms with Crippen molar-refractivity contribution in [3.8, 4) is 11.4 Å². The van der Waals surface area contributed by atoms with Crippen LogP contribution in [0.25, 0.3) is 5.69 Å². The van der Waals surface area contributed by atoms with E-state index in [-0.39, 0.29) is 6.54 Å². The van der Waals surface area contributed by atoms with E-state index in [9.17, 15) is 8.42 Å². The Morgan fingerprint density at radius 3 is 2.55 bits per heavy atom. The van der Waals surface area contributed by atoms with Crippen LogP contribution >= 0.6 is 0 Å². The highest BCUT2D eigenvalue weighted by atomic mass is 32.2. The smallest absolute Gasteiger partial charge is 0.279 e. The molecule has 2 aromatic rings. The van der Waals surface area contributed by atoms with Crippen LogP contribution < -0.4 is 9.46 Å². The molecule has 9 nitrogen and oxygen atoms in total. The quantitative estimate of drug-likeness (QED) is 0.766. The molecule has 0 saturated carbocycles. The van der Waals surface area contributed by atoms with Gasteiger partial charge in [0, 0.05) is 14.1 Å². The highest BCUT2D eigenvalue weighted by Crippen LogP contribution is 2.15. The minimum atomic E-state index is -3.53. The van der Waals surface area contributed by atoms with E-state index in [2.05, 4.69) is 20.2 Å². The van der Waals surface area contributed by atoms with Crippen LogP contribution in [0.1, 0.15) is 12.7 Å². The van der Waals surface area contributed by atoms with E-state index in [4.69, 9.17) is 4.74 Å². The molecule has 0 unspecified atom stereocenters. The summed E-state index contributed by atoms with van der Waals surface area (Å²) in [6.45, 7) is 2.48. The van der Waals surface area contributed by atoms with E-state index in [1.807, 2.05) is 6.92 Å². The normalized spacial score (nSPS) is 11.8. The molecule has 1 N–H and O–H groups in total. The molecule has 1 heterocycles. The lowest BCUT2D eigenvalue weighted by Crippen LogP contribution is -2.35. The maximum Gasteiger partial charge on any atom is 0.279 e. The van der Waals surface area contributed by atoms with Crippen LogP contribution in [0.15, 0.2) is 24.3 Å². The molecule has 0 radical (unpaired) electrons. The Hall–Kier alpha value is -2.04. The fourth-order valence-electron chi connectivity index (χ4n) is 1.65. The van der Waals surface area contributed by atoms with Crippen LogP contribution in [0, 0.1) is 0 Å². The Labute approximate surface area is 129 Å². The number of hydrogen-bond donors (Lipinski definition) is 1. The average molecular weight is 326 g/mol. The summed E-state index contributed by atoms with van der Waals surface area (Å²) in [5, 5.41) is 11.3. The lowest BCUT2D eigenvalue weighted by Gasteiger charge is -2.12. The average Bonchev–Trinajstić information content (AvgIpc) is 2.95. The predicted octanol–water partition coefficient (Wildman–Crippen LogP) is -0.0430. The molecule has 2 rings (SSSR count). The second kappa shape index (κ2) is 6.81. The van der Waals surface area contributed by atoms with Gasteiger partial charge in [0.2, 0.25) is 0 Å². The summed E-state index contributed by atoms with van der Waals surface area (Å²) in [6, 6.07) is 7.19. The maximum atomic E-state index is 11.7. The molecular formula is C12H18N6O3S. The van der Waals surface area contributed by atoms with Gasteiger partial charge < -0.3 is 4.74 Å². The lowest BCUT2D eigenvalue weighted by molar-refractivity contribution is 0.340. The van der Waals surface area contributed by atoms with Gasteiger partial charge in [-0.1, -0.05) is 0 Å². The number of ether oxygens (including phenoxy) is 1. The molecule has 0 fully saturated rings. The van der Waals surface area contributed by atoms with Crippen molar-refractivity contribution in [3.63, 3.8) is 0 Å². The summed E-state index contributed by atoms with van der Waals surface area (Å²) >= 11 is 0. The predicted molar refractivity (Wildman–Crippen MR) is 79.8 cm³/mol. The molecule has 1 aromatic carbocycles. The van der Waals surface area contributed by atoms with Crippen molar-refractivity contribution in [2.24, 2.45) is 0 Å². The molecule has 0 spiro atoms. The van der Waals surface area contributed by atoms with E-state index in [1.54, 1.807) is 24.3 Å². The molecule has 22 heavy (non-hydrogen) atoms. The van der Waals surface area contributed by atoms with Gasteiger partial charge >= 0.3 is 0 Å². The Morgan fingerprint density at radius 2 is 1.95 bits per heavy atom. The Bertz CT molecular complexity index is 711. The number of aromatic nitrogens is 4. The molecule has 0 atom stereocenters. The highest BCUT2D eigenvalue weighted by molar-refractivity contribution is 7.87. The van der Waals surface area contributed by atoms with Gasteiger partial charge in [-0.05, 0) is 41.6 Å². The molecular weight excluding hydrogens is 308 g/mol. The first kappa shape index (κ1) is 16.3. The zero-order valence-electron chi connectivity index (χ0n) is 12.6. The van der Waals surface area contributed by atoms with Crippen molar-refractivity contribution < 1.29 is 13.2 Å². The lowest BCUT2D eigenvalue weighted by atomic mass is 10.3. The van der Waals surface area contributed by atoms with Crippen molar-refractivity contribution in [2.75, 3.05) is 20.7 Å². The summed E-state index contributed by atoms with van der Waals surface area (Å²) in [5.74, 6) is 1.13. The number of tetrazole rings is 1. The summed E-state index contributed by atoms with van der Waals surface area (Å²) in [4.78, 5) is 0. The second-order valence-electron chi connectivity index (χ2n) is 4.54. The Kier molecular flexibility index (Phi) is 5.06. The number of nitrogens with one attached hydrogen (secondary N) is 1. The van der Waals surface area contributed by atoms with E-state index in [0.29, 0.717) is 18.1 Å². The molecule has 0 aliphatic carbocycles. The van der Waals surface area contributed by atoms with Gasteiger partial charge in [-0.25, -0.2) is 0 Å². The van der Waals surface area contributed by atoms with E-state index < -0.39 is 10.2 Å². The Balaban J connectivity index is 2.15. The van der Waals surface area contributed by atoms with Gasteiger partial charge in [0.25, 0.3) is 10.2 Å². The molecule has 0 bridgehead atoms. The summed E-state index contributed by atoms with van der Waals surface area (Å²) in [5.41, 5.74) is 0.715. The summed E-state index contributed by atoms with van der Waals surface area (Å²) < 4.78 is 33.7. The maximum absolute atomic E-state index is 11.7. The zero-order valence-corrected chi connectivity index (χ0v) is 13.4. The standard InChI is InChI=1S/C12H18N6O3S/c1-4-21-11-7-5-10(6-8-11)18-12(14-15-16-18)9-13-22(19,20)17(2)3/h5-8,13H,4,9H2,1-3H3. The topological polar surface area (TPSA) is 102 Å². The van der Waals surface area contributed by atoms with E-state index in [0.717, 1.165) is 10.1 Å². The van der Waals surface area contributed by atoms with Crippen molar-refractivity contribution in [3.05, 3.63) is 30.1 Å². The van der Waals surface area contributed by atoms with Gasteiger partial charge in [0.1, 0.15) is 5.75 Å². The third-order valence-corrected chi connectivity index (χ3v) is 4.29. The van der Waals surface area contributed by atoms with Gasteiger partial charge in [0.05, 0.1) is 18.8 Å². The molecule has 0 aliphatic heterocycles. The molecule has 10 heteroatoms. The van der Waals surface area contributed by atoms with Crippen LogP contribution in [-0.4, -0.2) is 53.6 Å². The van der Waals surface area contributed by atoms with Crippen LogP contribution in [-0.2, 0) is 16.8 Å². The van der Waals surface area contributed by atoms with Crippen molar-refractivity contribution in [1.29, 1.82) is 0 Å². The number of rotatable bonds is 7. The molecule has 0 amide bonds. The first-order valence-electron chi connectivity index (χ1n) is 6.61. The minimum Gasteiger partial charge on any atom is -0.494 e. The van der Waals surface area contributed by atoms with Gasteiger partial charge in [-0.15, -0.1) is 5.10 Å². The van der Waals surface area contributed by atoms with Crippen LogP contribution in [0.4, 0.5) is 0 Å². The zero-order chi connectivity index (χ0) is 16.2. The monoisotopic (exact) mass is 326 g/mol. The number of benzene rings is 1. The Morgan fingerprint density at radius 1 is 1.27 bits per heavy atom. The van der Waals surface area contributed by atoms with Gasteiger partial charge in [-0.3, -0.25) is 0 Å². The summed E-state index contributed by atoms with van der Waals surface area (Å²) in [7, 11) is -0.648.